The number of nitrogen functional groups attached to an aromatic ring is 1. The molecule has 0 spiro atoms. The van der Waals surface area contributed by atoms with Gasteiger partial charge in [0.1, 0.15) is 6.42 Å². The SMILES string of the molecule is N#CCC(=O)N1CCC(CNC(=O)c2ccc(N)cc2)CC1. The molecule has 2 rings (SSSR count). The molecule has 116 valence electrons. The van der Waals surface area contributed by atoms with Gasteiger partial charge >= 0.3 is 0 Å². The predicted molar refractivity (Wildman–Crippen MR) is 82.7 cm³/mol. The highest BCUT2D eigenvalue weighted by Gasteiger charge is 2.22. The molecular formula is C16H20N4O2. The van der Waals surface area contributed by atoms with Crippen molar-refractivity contribution in [2.45, 2.75) is 19.3 Å². The number of benzene rings is 1. The standard InChI is InChI=1S/C16H20N4O2/c17-8-5-15(21)20-9-6-12(7-10-20)11-19-16(22)13-1-3-14(18)4-2-13/h1-4,12H,5-7,9-11,18H2,(H,19,22). The summed E-state index contributed by atoms with van der Waals surface area (Å²) in [7, 11) is 0. The number of nitriles is 1. The normalized spacial score (nSPS) is 15.1. The number of nitrogens with one attached hydrogen (secondary N) is 1. The molecule has 0 aromatic heterocycles. The molecule has 0 atom stereocenters. The van der Waals surface area contributed by atoms with Crippen LogP contribution >= 0.6 is 0 Å². The molecule has 2 amide bonds. The lowest BCUT2D eigenvalue weighted by Gasteiger charge is -2.31. The number of carbonyl (C=O) groups excluding carboxylic acids is 2. The second-order valence-electron chi connectivity index (χ2n) is 5.49. The fraction of sp³-hybridized carbons (Fsp3) is 0.438. The summed E-state index contributed by atoms with van der Waals surface area (Å²) >= 11 is 0. The van der Waals surface area contributed by atoms with Gasteiger partial charge in [-0.25, -0.2) is 0 Å². The van der Waals surface area contributed by atoms with Gasteiger partial charge in [0.25, 0.3) is 5.91 Å². The highest BCUT2D eigenvalue weighted by Crippen LogP contribution is 2.17. The predicted octanol–water partition coefficient (Wildman–Crippen LogP) is 1.15. The summed E-state index contributed by atoms with van der Waals surface area (Å²) < 4.78 is 0. The molecule has 1 heterocycles. The summed E-state index contributed by atoms with van der Waals surface area (Å²) in [5.41, 5.74) is 6.82. The van der Waals surface area contributed by atoms with Crippen molar-refractivity contribution in [3.05, 3.63) is 29.8 Å². The van der Waals surface area contributed by atoms with Crippen LogP contribution in [-0.2, 0) is 4.79 Å². The molecule has 1 aliphatic heterocycles. The van der Waals surface area contributed by atoms with Crippen molar-refractivity contribution in [2.75, 3.05) is 25.4 Å². The van der Waals surface area contributed by atoms with E-state index in [0.717, 1.165) is 12.8 Å². The van der Waals surface area contributed by atoms with Gasteiger partial charge in [0, 0.05) is 30.9 Å². The van der Waals surface area contributed by atoms with E-state index >= 15 is 0 Å². The van der Waals surface area contributed by atoms with Gasteiger partial charge in [0.15, 0.2) is 0 Å². The van der Waals surface area contributed by atoms with Crippen molar-refractivity contribution in [1.29, 1.82) is 5.26 Å². The Morgan fingerprint density at radius 3 is 2.50 bits per heavy atom. The van der Waals surface area contributed by atoms with Crippen LogP contribution in [0.5, 0.6) is 0 Å². The summed E-state index contributed by atoms with van der Waals surface area (Å²) in [6.07, 6.45) is 1.64. The number of hydrogen-bond donors (Lipinski definition) is 2. The van der Waals surface area contributed by atoms with Crippen molar-refractivity contribution in [3.63, 3.8) is 0 Å². The summed E-state index contributed by atoms with van der Waals surface area (Å²) in [5.74, 6) is 0.152. The smallest absolute Gasteiger partial charge is 0.251 e. The molecule has 0 saturated carbocycles. The van der Waals surface area contributed by atoms with Crippen molar-refractivity contribution in [2.24, 2.45) is 5.92 Å². The van der Waals surface area contributed by atoms with E-state index in [4.69, 9.17) is 11.0 Å². The largest absolute Gasteiger partial charge is 0.399 e. The highest BCUT2D eigenvalue weighted by molar-refractivity contribution is 5.94. The summed E-state index contributed by atoms with van der Waals surface area (Å²) in [5, 5.41) is 11.5. The van der Waals surface area contributed by atoms with E-state index in [0.29, 0.717) is 36.8 Å². The van der Waals surface area contributed by atoms with Gasteiger partial charge in [-0.1, -0.05) is 0 Å². The first-order valence-electron chi connectivity index (χ1n) is 7.38. The topological polar surface area (TPSA) is 99.2 Å². The third-order valence-electron chi connectivity index (χ3n) is 3.92. The first kappa shape index (κ1) is 15.8. The van der Waals surface area contributed by atoms with E-state index in [1.807, 2.05) is 6.07 Å². The maximum absolute atomic E-state index is 12.0. The van der Waals surface area contributed by atoms with Crippen molar-refractivity contribution >= 4 is 17.5 Å². The van der Waals surface area contributed by atoms with E-state index in [2.05, 4.69) is 5.32 Å². The fourth-order valence-electron chi connectivity index (χ4n) is 2.54. The third-order valence-corrected chi connectivity index (χ3v) is 3.92. The lowest BCUT2D eigenvalue weighted by molar-refractivity contribution is -0.131. The Bertz CT molecular complexity index is 569. The monoisotopic (exact) mass is 300 g/mol. The maximum Gasteiger partial charge on any atom is 0.251 e. The first-order valence-corrected chi connectivity index (χ1v) is 7.38. The molecule has 0 bridgehead atoms. The van der Waals surface area contributed by atoms with Crippen molar-refractivity contribution in [3.8, 4) is 6.07 Å². The average molecular weight is 300 g/mol. The molecule has 0 aliphatic carbocycles. The van der Waals surface area contributed by atoms with Crippen LogP contribution in [0.4, 0.5) is 5.69 Å². The molecule has 6 heteroatoms. The molecule has 1 aromatic carbocycles. The molecular weight excluding hydrogens is 280 g/mol. The Morgan fingerprint density at radius 2 is 1.91 bits per heavy atom. The zero-order valence-electron chi connectivity index (χ0n) is 12.4. The molecule has 6 nitrogen and oxygen atoms in total. The minimum absolute atomic E-state index is 0.0570. The molecule has 0 unspecified atom stereocenters. The average Bonchev–Trinajstić information content (AvgIpc) is 2.54. The lowest BCUT2D eigenvalue weighted by atomic mass is 9.96. The minimum atomic E-state index is -0.108. The number of nitrogens with zero attached hydrogens (tertiary/aromatic N) is 2. The molecule has 22 heavy (non-hydrogen) atoms. The van der Waals surface area contributed by atoms with Gasteiger partial charge in [-0.2, -0.15) is 5.26 Å². The number of hydrogen-bond acceptors (Lipinski definition) is 4. The van der Waals surface area contributed by atoms with Gasteiger partial charge in [-0.15, -0.1) is 0 Å². The van der Waals surface area contributed by atoms with Crippen LogP contribution in [0, 0.1) is 17.2 Å². The second kappa shape index (κ2) is 7.46. The number of carbonyl (C=O) groups is 2. The Kier molecular flexibility index (Phi) is 5.37. The number of amides is 2. The maximum atomic E-state index is 12.0. The van der Waals surface area contributed by atoms with E-state index < -0.39 is 0 Å². The molecule has 1 aromatic rings. The highest BCUT2D eigenvalue weighted by atomic mass is 16.2. The molecule has 3 N–H and O–H groups in total. The summed E-state index contributed by atoms with van der Waals surface area (Å²) in [6.45, 7) is 1.91. The number of piperidine rings is 1. The quantitative estimate of drug-likeness (QED) is 0.815. The summed E-state index contributed by atoms with van der Waals surface area (Å²) in [4.78, 5) is 25.3. The van der Waals surface area contributed by atoms with Crippen LogP contribution in [0.25, 0.3) is 0 Å². The van der Waals surface area contributed by atoms with Gasteiger partial charge in [-0.05, 0) is 43.0 Å². The van der Waals surface area contributed by atoms with Crippen LogP contribution in [0.15, 0.2) is 24.3 Å². The second-order valence-corrected chi connectivity index (χ2v) is 5.49. The van der Waals surface area contributed by atoms with E-state index in [1.54, 1.807) is 29.2 Å². The minimum Gasteiger partial charge on any atom is -0.399 e. The van der Waals surface area contributed by atoms with E-state index in [9.17, 15) is 9.59 Å². The molecule has 0 radical (unpaired) electrons. The summed E-state index contributed by atoms with van der Waals surface area (Å²) in [6, 6.07) is 8.69. The number of nitrogens with two attached hydrogens (primary N) is 1. The molecule has 1 fully saturated rings. The zero-order valence-corrected chi connectivity index (χ0v) is 12.4. The van der Waals surface area contributed by atoms with E-state index in [1.165, 1.54) is 0 Å². The first-order chi connectivity index (χ1) is 10.6. The Balaban J connectivity index is 1.75. The van der Waals surface area contributed by atoms with E-state index in [-0.39, 0.29) is 18.2 Å². The Hall–Kier alpha value is -2.55. The Labute approximate surface area is 129 Å². The third kappa shape index (κ3) is 4.22. The zero-order chi connectivity index (χ0) is 15.9. The number of anilines is 1. The van der Waals surface area contributed by atoms with Gasteiger partial charge < -0.3 is 16.0 Å². The van der Waals surface area contributed by atoms with Crippen LogP contribution in [0.1, 0.15) is 29.6 Å². The Morgan fingerprint density at radius 1 is 1.27 bits per heavy atom. The molecule has 1 aliphatic rings. The van der Waals surface area contributed by atoms with Crippen LogP contribution in [0.2, 0.25) is 0 Å². The van der Waals surface area contributed by atoms with Crippen molar-refractivity contribution < 1.29 is 9.59 Å². The number of likely N-dealkylation sites (tertiary alicyclic amines) is 1. The lowest BCUT2D eigenvalue weighted by Crippen LogP contribution is -2.41. The van der Waals surface area contributed by atoms with Crippen LogP contribution in [0.3, 0.4) is 0 Å². The van der Waals surface area contributed by atoms with Gasteiger partial charge in [0.2, 0.25) is 5.91 Å². The van der Waals surface area contributed by atoms with Crippen LogP contribution < -0.4 is 11.1 Å². The van der Waals surface area contributed by atoms with Gasteiger partial charge in [-0.3, -0.25) is 9.59 Å². The van der Waals surface area contributed by atoms with Crippen LogP contribution in [-0.4, -0.2) is 36.3 Å². The van der Waals surface area contributed by atoms with Crippen molar-refractivity contribution in [1.82, 2.24) is 10.2 Å². The van der Waals surface area contributed by atoms with Gasteiger partial charge in [0.05, 0.1) is 6.07 Å². The fourth-order valence-corrected chi connectivity index (χ4v) is 2.54. The molecule has 1 saturated heterocycles. The number of rotatable bonds is 4.